The summed E-state index contributed by atoms with van der Waals surface area (Å²) in [5, 5.41) is 12.1. The number of methoxy groups -OCH3 is 2. The smallest absolute Gasteiger partial charge is 0.330 e. The predicted molar refractivity (Wildman–Crippen MR) is 82.3 cm³/mol. The lowest BCUT2D eigenvalue weighted by atomic mass is 10.1. The maximum Gasteiger partial charge on any atom is 0.330 e. The number of nitrogens with one attached hydrogen (secondary N) is 1. The largest absolute Gasteiger partial charge is 0.495 e. The van der Waals surface area contributed by atoms with E-state index in [9.17, 15) is 14.7 Å². The first-order valence-electron chi connectivity index (χ1n) is 6.84. The third-order valence-corrected chi connectivity index (χ3v) is 3.36. The Labute approximate surface area is 134 Å². The molecule has 122 valence electrons. The fourth-order valence-corrected chi connectivity index (χ4v) is 2.18. The van der Waals surface area contributed by atoms with Crippen molar-refractivity contribution in [3.63, 3.8) is 0 Å². The Morgan fingerprint density at radius 2 is 2.05 bits per heavy atom. The number of carboxylic acid groups (broad SMARTS) is 1. The van der Waals surface area contributed by atoms with Crippen LogP contribution in [0.4, 0.5) is 0 Å². The van der Waals surface area contributed by atoms with Gasteiger partial charge in [-0.25, -0.2) is 4.79 Å². The molecule has 1 atom stereocenters. The number of ether oxygens (including phenoxy) is 2. The van der Waals surface area contributed by atoms with Gasteiger partial charge in [0.25, 0.3) is 0 Å². The molecule has 0 aliphatic rings. The number of amides is 1. The summed E-state index contributed by atoms with van der Waals surface area (Å²) in [7, 11) is 3.06. The van der Waals surface area contributed by atoms with E-state index in [2.05, 4.69) is 5.32 Å². The minimum Gasteiger partial charge on any atom is -0.495 e. The number of hydrogen-bond acceptors (Lipinski definition) is 4. The van der Waals surface area contributed by atoms with Crippen LogP contribution in [-0.2, 0) is 14.3 Å². The van der Waals surface area contributed by atoms with Gasteiger partial charge >= 0.3 is 5.97 Å². The lowest BCUT2D eigenvalue weighted by molar-refractivity contribution is -0.142. The number of aliphatic carboxylic acids is 1. The summed E-state index contributed by atoms with van der Waals surface area (Å²) in [4.78, 5) is 23.2. The van der Waals surface area contributed by atoms with Gasteiger partial charge < -0.3 is 19.9 Å². The molecule has 0 heterocycles. The van der Waals surface area contributed by atoms with E-state index in [1.807, 2.05) is 0 Å². The Hall–Kier alpha value is -1.79. The minimum absolute atomic E-state index is 0.247. The molecular formula is C15H20ClNO5. The van der Waals surface area contributed by atoms with E-state index in [0.29, 0.717) is 29.4 Å². The third kappa shape index (κ3) is 5.54. The molecule has 1 aromatic carbocycles. The van der Waals surface area contributed by atoms with E-state index in [0.717, 1.165) is 6.42 Å². The van der Waals surface area contributed by atoms with Crippen LogP contribution in [0.1, 0.15) is 30.9 Å². The van der Waals surface area contributed by atoms with Crippen LogP contribution in [0.2, 0.25) is 5.02 Å². The SMILES string of the molecule is COCCCCC(=O)NC(C(=O)O)c1ccc(OC)c(Cl)c1. The molecule has 0 radical (unpaired) electrons. The second-order valence-electron chi connectivity index (χ2n) is 4.68. The monoisotopic (exact) mass is 329 g/mol. The zero-order valence-electron chi connectivity index (χ0n) is 12.6. The van der Waals surface area contributed by atoms with Crippen molar-refractivity contribution in [2.45, 2.75) is 25.3 Å². The topological polar surface area (TPSA) is 84.9 Å². The molecular weight excluding hydrogens is 310 g/mol. The van der Waals surface area contributed by atoms with Gasteiger partial charge in [0.05, 0.1) is 12.1 Å². The first-order valence-corrected chi connectivity index (χ1v) is 7.22. The molecule has 22 heavy (non-hydrogen) atoms. The van der Waals surface area contributed by atoms with Crippen molar-refractivity contribution in [3.05, 3.63) is 28.8 Å². The van der Waals surface area contributed by atoms with Crippen LogP contribution in [0, 0.1) is 0 Å². The third-order valence-electron chi connectivity index (χ3n) is 3.06. The van der Waals surface area contributed by atoms with Gasteiger partial charge in [0.15, 0.2) is 6.04 Å². The number of unbranched alkanes of at least 4 members (excludes halogenated alkanes) is 1. The molecule has 0 spiro atoms. The normalized spacial score (nSPS) is 11.8. The maximum atomic E-state index is 11.8. The van der Waals surface area contributed by atoms with Gasteiger partial charge in [-0.15, -0.1) is 0 Å². The van der Waals surface area contributed by atoms with Gasteiger partial charge in [-0.3, -0.25) is 4.79 Å². The predicted octanol–water partition coefficient (Wildman–Crippen LogP) is 2.41. The van der Waals surface area contributed by atoms with Crippen molar-refractivity contribution in [3.8, 4) is 5.75 Å². The highest BCUT2D eigenvalue weighted by atomic mass is 35.5. The Bertz CT molecular complexity index is 521. The molecule has 1 amide bonds. The maximum absolute atomic E-state index is 11.8. The Kier molecular flexibility index (Phi) is 7.70. The summed E-state index contributed by atoms with van der Waals surface area (Å²) in [5.41, 5.74) is 0.392. The van der Waals surface area contributed by atoms with Crippen LogP contribution >= 0.6 is 11.6 Å². The van der Waals surface area contributed by atoms with Gasteiger partial charge in [0.2, 0.25) is 5.91 Å². The number of rotatable bonds is 9. The molecule has 0 aliphatic carbocycles. The molecule has 1 rings (SSSR count). The highest BCUT2D eigenvalue weighted by Crippen LogP contribution is 2.27. The van der Waals surface area contributed by atoms with Crippen LogP contribution in [0.5, 0.6) is 5.75 Å². The number of carbonyl (C=O) groups excluding carboxylic acids is 1. The van der Waals surface area contributed by atoms with Gasteiger partial charge in [-0.1, -0.05) is 17.7 Å². The molecule has 0 aromatic heterocycles. The van der Waals surface area contributed by atoms with Crippen molar-refractivity contribution in [2.24, 2.45) is 0 Å². The molecule has 1 unspecified atom stereocenters. The molecule has 1 aromatic rings. The highest BCUT2D eigenvalue weighted by molar-refractivity contribution is 6.32. The fraction of sp³-hybridized carbons (Fsp3) is 0.467. The average Bonchev–Trinajstić information content (AvgIpc) is 2.49. The van der Waals surface area contributed by atoms with Gasteiger partial charge in [0, 0.05) is 20.1 Å². The number of benzene rings is 1. The first kappa shape index (κ1) is 18.3. The summed E-state index contributed by atoms with van der Waals surface area (Å²) in [6.45, 7) is 0.573. The zero-order valence-corrected chi connectivity index (χ0v) is 13.4. The molecule has 0 saturated heterocycles. The van der Waals surface area contributed by atoms with Crippen LogP contribution in [0.25, 0.3) is 0 Å². The van der Waals surface area contributed by atoms with Crippen LogP contribution in [-0.4, -0.2) is 37.8 Å². The molecule has 0 fully saturated rings. The molecule has 0 aliphatic heterocycles. The van der Waals surface area contributed by atoms with E-state index in [-0.39, 0.29) is 12.3 Å². The van der Waals surface area contributed by atoms with Gasteiger partial charge in [-0.2, -0.15) is 0 Å². The Balaban J connectivity index is 2.71. The van der Waals surface area contributed by atoms with E-state index < -0.39 is 12.0 Å². The Morgan fingerprint density at radius 3 is 2.59 bits per heavy atom. The first-order chi connectivity index (χ1) is 10.5. The van der Waals surface area contributed by atoms with E-state index >= 15 is 0 Å². The van der Waals surface area contributed by atoms with Crippen LogP contribution < -0.4 is 10.1 Å². The van der Waals surface area contributed by atoms with Crippen LogP contribution in [0.15, 0.2) is 18.2 Å². The molecule has 2 N–H and O–H groups in total. The zero-order chi connectivity index (χ0) is 16.5. The number of hydrogen-bond donors (Lipinski definition) is 2. The van der Waals surface area contributed by atoms with Crippen molar-refractivity contribution in [1.82, 2.24) is 5.32 Å². The average molecular weight is 330 g/mol. The molecule has 0 bridgehead atoms. The minimum atomic E-state index is -1.15. The number of halogens is 1. The van der Waals surface area contributed by atoms with Crippen molar-refractivity contribution >= 4 is 23.5 Å². The van der Waals surface area contributed by atoms with Crippen molar-refractivity contribution in [1.29, 1.82) is 0 Å². The summed E-state index contributed by atoms with van der Waals surface area (Å²) >= 11 is 5.99. The number of carbonyl (C=O) groups is 2. The molecule has 0 saturated carbocycles. The fourth-order valence-electron chi connectivity index (χ4n) is 1.91. The van der Waals surface area contributed by atoms with Crippen molar-refractivity contribution < 1.29 is 24.2 Å². The Morgan fingerprint density at radius 1 is 1.32 bits per heavy atom. The molecule has 7 heteroatoms. The standard InChI is InChI=1S/C15H20ClNO5/c1-21-8-4-3-5-13(18)17-14(15(19)20)10-6-7-12(22-2)11(16)9-10/h6-7,9,14H,3-5,8H2,1-2H3,(H,17,18)(H,19,20). The summed E-state index contributed by atoms with van der Waals surface area (Å²) in [6.07, 6.45) is 1.63. The van der Waals surface area contributed by atoms with Gasteiger partial charge in [0.1, 0.15) is 5.75 Å². The second kappa shape index (κ2) is 9.27. The highest BCUT2D eigenvalue weighted by Gasteiger charge is 2.22. The quantitative estimate of drug-likeness (QED) is 0.680. The van der Waals surface area contributed by atoms with E-state index in [4.69, 9.17) is 21.1 Å². The summed E-state index contributed by atoms with van der Waals surface area (Å²) < 4.78 is 9.91. The molecule has 6 nitrogen and oxygen atoms in total. The van der Waals surface area contributed by atoms with Gasteiger partial charge in [-0.05, 0) is 30.5 Å². The summed E-state index contributed by atoms with van der Waals surface area (Å²) in [6, 6.07) is 3.47. The lowest BCUT2D eigenvalue weighted by Crippen LogP contribution is -2.33. The number of carboxylic acids is 1. The van der Waals surface area contributed by atoms with E-state index in [1.165, 1.54) is 13.2 Å². The second-order valence-corrected chi connectivity index (χ2v) is 5.09. The van der Waals surface area contributed by atoms with Crippen molar-refractivity contribution in [2.75, 3.05) is 20.8 Å². The lowest BCUT2D eigenvalue weighted by Gasteiger charge is -2.16. The van der Waals surface area contributed by atoms with Crippen LogP contribution in [0.3, 0.4) is 0 Å². The van der Waals surface area contributed by atoms with E-state index in [1.54, 1.807) is 19.2 Å². The summed E-state index contributed by atoms with van der Waals surface area (Å²) in [5.74, 6) is -1.03.